The number of aromatic amines is 1. The van der Waals surface area contributed by atoms with Crippen molar-refractivity contribution in [2.75, 3.05) is 13.1 Å². The summed E-state index contributed by atoms with van der Waals surface area (Å²) in [4.78, 5) is 10.7. The third-order valence-corrected chi connectivity index (χ3v) is 1.94. The zero-order valence-electron chi connectivity index (χ0n) is 8.24. The Morgan fingerprint density at radius 2 is 2.36 bits per heavy atom. The Morgan fingerprint density at radius 1 is 1.64 bits per heavy atom. The van der Waals surface area contributed by atoms with Crippen LogP contribution in [0, 0.1) is 0 Å². The van der Waals surface area contributed by atoms with Crippen LogP contribution in [0.2, 0.25) is 0 Å². The molecule has 0 spiro atoms. The van der Waals surface area contributed by atoms with Gasteiger partial charge in [0.2, 0.25) is 0 Å². The van der Waals surface area contributed by atoms with Gasteiger partial charge in [-0.05, 0) is 6.54 Å². The van der Waals surface area contributed by atoms with Crippen molar-refractivity contribution in [2.45, 2.75) is 19.8 Å². The average molecular weight is 198 g/mol. The van der Waals surface area contributed by atoms with E-state index in [1.807, 2.05) is 13.8 Å². The van der Waals surface area contributed by atoms with Crippen molar-refractivity contribution in [3.05, 3.63) is 11.4 Å². The molecule has 1 rings (SSSR count). The van der Waals surface area contributed by atoms with Crippen LogP contribution in [0.3, 0.4) is 0 Å². The molecule has 0 bridgehead atoms. The summed E-state index contributed by atoms with van der Waals surface area (Å²) >= 11 is 0. The highest BCUT2D eigenvalue weighted by molar-refractivity contribution is 5.86. The number of hydrogen-bond donors (Lipinski definition) is 3. The summed E-state index contributed by atoms with van der Waals surface area (Å²) in [6, 6.07) is 0. The minimum Gasteiger partial charge on any atom is -0.476 e. The zero-order chi connectivity index (χ0) is 10.6. The van der Waals surface area contributed by atoms with Crippen LogP contribution in [-0.2, 0) is 0 Å². The van der Waals surface area contributed by atoms with Gasteiger partial charge in [-0.1, -0.05) is 13.8 Å². The molecule has 0 aliphatic carbocycles. The quantitative estimate of drug-likeness (QED) is 0.629. The number of hydrogen-bond acceptors (Lipinski definition) is 4. The predicted molar refractivity (Wildman–Crippen MR) is 50.3 cm³/mol. The SMILES string of the molecule is CCNCC(C)c1n[nH]nc1C(=O)O. The van der Waals surface area contributed by atoms with Gasteiger partial charge in [0.05, 0.1) is 0 Å². The molecule has 6 heteroatoms. The molecule has 0 radical (unpaired) electrons. The van der Waals surface area contributed by atoms with E-state index in [0.717, 1.165) is 6.54 Å². The van der Waals surface area contributed by atoms with Crippen molar-refractivity contribution in [3.63, 3.8) is 0 Å². The molecule has 1 aromatic heterocycles. The number of likely N-dealkylation sites (N-methyl/N-ethyl adjacent to an activating group) is 1. The number of carbonyl (C=O) groups is 1. The van der Waals surface area contributed by atoms with Crippen LogP contribution < -0.4 is 5.32 Å². The van der Waals surface area contributed by atoms with Crippen molar-refractivity contribution in [3.8, 4) is 0 Å². The van der Waals surface area contributed by atoms with E-state index < -0.39 is 5.97 Å². The number of aromatic nitrogens is 3. The first-order chi connectivity index (χ1) is 6.66. The summed E-state index contributed by atoms with van der Waals surface area (Å²) in [6.45, 7) is 5.45. The monoisotopic (exact) mass is 198 g/mol. The van der Waals surface area contributed by atoms with E-state index in [9.17, 15) is 4.79 Å². The van der Waals surface area contributed by atoms with Crippen LogP contribution in [0.5, 0.6) is 0 Å². The summed E-state index contributed by atoms with van der Waals surface area (Å²) in [5, 5.41) is 21.7. The maximum Gasteiger partial charge on any atom is 0.358 e. The molecule has 0 aliphatic heterocycles. The molecule has 1 unspecified atom stereocenters. The lowest BCUT2D eigenvalue weighted by Crippen LogP contribution is -2.21. The highest BCUT2D eigenvalue weighted by Crippen LogP contribution is 2.13. The van der Waals surface area contributed by atoms with Gasteiger partial charge in [0.25, 0.3) is 0 Å². The van der Waals surface area contributed by atoms with E-state index in [4.69, 9.17) is 5.11 Å². The van der Waals surface area contributed by atoms with Crippen molar-refractivity contribution in [1.82, 2.24) is 20.7 Å². The first kappa shape index (κ1) is 10.6. The van der Waals surface area contributed by atoms with Gasteiger partial charge in [0, 0.05) is 12.5 Å². The van der Waals surface area contributed by atoms with Crippen LogP contribution >= 0.6 is 0 Å². The Bertz CT molecular complexity index is 310. The Morgan fingerprint density at radius 3 is 2.93 bits per heavy atom. The number of carboxylic acid groups (broad SMARTS) is 1. The molecular weight excluding hydrogens is 184 g/mol. The van der Waals surface area contributed by atoms with E-state index in [0.29, 0.717) is 12.2 Å². The molecule has 0 aliphatic rings. The number of nitrogens with zero attached hydrogens (tertiary/aromatic N) is 2. The zero-order valence-corrected chi connectivity index (χ0v) is 8.24. The summed E-state index contributed by atoms with van der Waals surface area (Å²) in [6.07, 6.45) is 0. The molecule has 1 atom stereocenters. The van der Waals surface area contributed by atoms with Gasteiger partial charge in [-0.2, -0.15) is 10.3 Å². The topological polar surface area (TPSA) is 90.9 Å². The smallest absolute Gasteiger partial charge is 0.358 e. The van der Waals surface area contributed by atoms with Gasteiger partial charge < -0.3 is 10.4 Å². The number of carboxylic acids is 1. The Balaban J connectivity index is 2.73. The number of H-pyrrole nitrogens is 1. The second-order valence-electron chi connectivity index (χ2n) is 3.07. The van der Waals surface area contributed by atoms with Crippen molar-refractivity contribution in [1.29, 1.82) is 0 Å². The molecule has 0 fully saturated rings. The van der Waals surface area contributed by atoms with Gasteiger partial charge >= 0.3 is 5.97 Å². The van der Waals surface area contributed by atoms with Crippen molar-refractivity contribution < 1.29 is 9.90 Å². The summed E-state index contributed by atoms with van der Waals surface area (Å²) in [5.41, 5.74) is 0.508. The minimum absolute atomic E-state index is 0.00963. The molecule has 0 saturated carbocycles. The number of nitrogens with one attached hydrogen (secondary N) is 2. The summed E-state index contributed by atoms with van der Waals surface area (Å²) in [7, 11) is 0. The first-order valence-corrected chi connectivity index (χ1v) is 4.51. The van der Waals surface area contributed by atoms with E-state index >= 15 is 0 Å². The lowest BCUT2D eigenvalue weighted by atomic mass is 10.1. The van der Waals surface area contributed by atoms with Gasteiger partial charge in [-0.25, -0.2) is 4.79 Å². The van der Waals surface area contributed by atoms with Crippen molar-refractivity contribution >= 4 is 5.97 Å². The fourth-order valence-electron chi connectivity index (χ4n) is 1.20. The number of aromatic carboxylic acids is 1. The van der Waals surface area contributed by atoms with Crippen LogP contribution in [0.4, 0.5) is 0 Å². The number of rotatable bonds is 5. The normalized spacial score (nSPS) is 12.7. The fourth-order valence-corrected chi connectivity index (χ4v) is 1.20. The third-order valence-electron chi connectivity index (χ3n) is 1.94. The van der Waals surface area contributed by atoms with Crippen LogP contribution in [0.1, 0.15) is 35.9 Å². The Hall–Kier alpha value is -1.43. The molecule has 6 nitrogen and oxygen atoms in total. The second-order valence-corrected chi connectivity index (χ2v) is 3.07. The highest BCUT2D eigenvalue weighted by Gasteiger charge is 2.19. The molecular formula is C8H14N4O2. The van der Waals surface area contributed by atoms with Crippen LogP contribution in [0.25, 0.3) is 0 Å². The van der Waals surface area contributed by atoms with Crippen LogP contribution in [0.15, 0.2) is 0 Å². The summed E-state index contributed by atoms with van der Waals surface area (Å²) < 4.78 is 0. The van der Waals surface area contributed by atoms with Crippen LogP contribution in [-0.4, -0.2) is 39.6 Å². The first-order valence-electron chi connectivity index (χ1n) is 4.51. The van der Waals surface area contributed by atoms with Gasteiger partial charge in [0.1, 0.15) is 5.69 Å². The van der Waals surface area contributed by atoms with Crippen molar-refractivity contribution in [2.24, 2.45) is 0 Å². The van der Waals surface area contributed by atoms with E-state index in [1.54, 1.807) is 0 Å². The molecule has 78 valence electrons. The third kappa shape index (κ3) is 2.29. The standard InChI is InChI=1S/C8H14N4O2/c1-3-9-4-5(2)6-7(8(13)14)11-12-10-6/h5,9H,3-4H2,1-2H3,(H,13,14)(H,10,11,12). The van der Waals surface area contributed by atoms with Gasteiger partial charge in [-0.15, -0.1) is 5.10 Å². The molecule has 0 amide bonds. The highest BCUT2D eigenvalue weighted by atomic mass is 16.4. The van der Waals surface area contributed by atoms with Gasteiger partial charge in [0.15, 0.2) is 5.69 Å². The molecule has 0 aromatic carbocycles. The average Bonchev–Trinajstić information content (AvgIpc) is 2.62. The maximum absolute atomic E-state index is 10.7. The predicted octanol–water partition coefficient (Wildman–Crippen LogP) is 0.216. The largest absolute Gasteiger partial charge is 0.476 e. The maximum atomic E-state index is 10.7. The molecule has 14 heavy (non-hydrogen) atoms. The lowest BCUT2D eigenvalue weighted by Gasteiger charge is -2.08. The molecule has 3 N–H and O–H groups in total. The van der Waals surface area contributed by atoms with E-state index in [1.165, 1.54) is 0 Å². The van der Waals surface area contributed by atoms with E-state index in [2.05, 4.69) is 20.7 Å². The summed E-state index contributed by atoms with van der Waals surface area (Å²) in [5.74, 6) is -1.00. The Kier molecular flexibility index (Phi) is 3.58. The van der Waals surface area contributed by atoms with E-state index in [-0.39, 0.29) is 11.6 Å². The van der Waals surface area contributed by atoms with Gasteiger partial charge in [-0.3, -0.25) is 0 Å². The second kappa shape index (κ2) is 4.71. The molecule has 1 heterocycles. The minimum atomic E-state index is -1.04. The molecule has 1 aromatic rings. The Labute approximate surface area is 81.7 Å². The molecule has 0 saturated heterocycles. The lowest BCUT2D eigenvalue weighted by molar-refractivity contribution is 0.0688. The fraction of sp³-hybridized carbons (Fsp3) is 0.625.